The molecular weight excluding hydrogens is 184 g/mol. The molecule has 0 unspecified atom stereocenters. The average molecular weight is 202 g/mol. The summed E-state index contributed by atoms with van der Waals surface area (Å²) in [5.74, 6) is 0. The van der Waals surface area contributed by atoms with E-state index in [4.69, 9.17) is 0 Å². The Morgan fingerprint density at radius 1 is 1.33 bits per heavy atom. The summed E-state index contributed by atoms with van der Waals surface area (Å²) in [6, 6.07) is 4.19. The van der Waals surface area contributed by atoms with Gasteiger partial charge in [0.1, 0.15) is 5.65 Å². The molecule has 2 aromatic heterocycles. The van der Waals surface area contributed by atoms with Crippen LogP contribution in [0.3, 0.4) is 0 Å². The monoisotopic (exact) mass is 202 g/mol. The van der Waals surface area contributed by atoms with E-state index in [0.717, 1.165) is 18.6 Å². The molecular formula is C13H18N2. The standard InChI is InChI=1S/C13H18N2/c1-3-5-9-15-10-11(4-2)12-7-6-8-14-13(12)15/h6-8,10H,3-5,9H2,1-2H3. The number of nitrogens with zero attached hydrogens (tertiary/aromatic N) is 2. The van der Waals surface area contributed by atoms with Gasteiger partial charge in [0.2, 0.25) is 0 Å². The molecule has 15 heavy (non-hydrogen) atoms. The third-order valence-electron chi connectivity index (χ3n) is 2.85. The molecule has 0 aromatic carbocycles. The van der Waals surface area contributed by atoms with Crippen LogP contribution < -0.4 is 0 Å². The predicted molar refractivity (Wildman–Crippen MR) is 64.0 cm³/mol. The minimum absolute atomic E-state index is 1.08. The Morgan fingerprint density at radius 3 is 2.93 bits per heavy atom. The van der Waals surface area contributed by atoms with Gasteiger partial charge in [-0.05, 0) is 30.5 Å². The highest BCUT2D eigenvalue weighted by molar-refractivity contribution is 5.80. The van der Waals surface area contributed by atoms with Gasteiger partial charge < -0.3 is 4.57 Å². The summed E-state index contributed by atoms with van der Waals surface area (Å²) in [5.41, 5.74) is 2.55. The molecule has 0 aliphatic heterocycles. The van der Waals surface area contributed by atoms with Crippen molar-refractivity contribution < 1.29 is 0 Å². The van der Waals surface area contributed by atoms with E-state index in [1.807, 2.05) is 12.3 Å². The second-order valence-corrected chi connectivity index (χ2v) is 3.93. The number of pyridine rings is 1. The van der Waals surface area contributed by atoms with E-state index >= 15 is 0 Å². The lowest BCUT2D eigenvalue weighted by atomic mass is 10.2. The van der Waals surface area contributed by atoms with Crippen LogP contribution in [0.4, 0.5) is 0 Å². The molecule has 0 amide bonds. The first-order valence-electron chi connectivity index (χ1n) is 5.79. The van der Waals surface area contributed by atoms with Gasteiger partial charge in [0.25, 0.3) is 0 Å². The number of aromatic nitrogens is 2. The molecule has 0 bridgehead atoms. The van der Waals surface area contributed by atoms with Gasteiger partial charge in [0.15, 0.2) is 0 Å². The molecule has 2 aromatic rings. The van der Waals surface area contributed by atoms with Gasteiger partial charge in [-0.3, -0.25) is 0 Å². The second kappa shape index (κ2) is 4.47. The number of fused-ring (bicyclic) bond motifs is 1. The van der Waals surface area contributed by atoms with Crippen molar-refractivity contribution in [2.24, 2.45) is 0 Å². The van der Waals surface area contributed by atoms with Crippen molar-refractivity contribution in [2.45, 2.75) is 39.7 Å². The van der Waals surface area contributed by atoms with Crippen LogP contribution in [-0.2, 0) is 13.0 Å². The first-order chi connectivity index (χ1) is 7.36. The van der Waals surface area contributed by atoms with E-state index in [0.29, 0.717) is 0 Å². The molecule has 0 aliphatic rings. The van der Waals surface area contributed by atoms with E-state index in [9.17, 15) is 0 Å². The van der Waals surface area contributed by atoms with Crippen LogP contribution in [0, 0.1) is 0 Å². The van der Waals surface area contributed by atoms with Crippen molar-refractivity contribution >= 4 is 11.0 Å². The number of hydrogen-bond donors (Lipinski definition) is 0. The minimum Gasteiger partial charge on any atom is -0.332 e. The Bertz CT molecular complexity index is 443. The average Bonchev–Trinajstić information content (AvgIpc) is 2.65. The zero-order chi connectivity index (χ0) is 10.7. The highest BCUT2D eigenvalue weighted by atomic mass is 15.0. The van der Waals surface area contributed by atoms with Crippen molar-refractivity contribution in [3.05, 3.63) is 30.1 Å². The van der Waals surface area contributed by atoms with Gasteiger partial charge in [0.05, 0.1) is 0 Å². The van der Waals surface area contributed by atoms with Crippen molar-refractivity contribution in [3.63, 3.8) is 0 Å². The van der Waals surface area contributed by atoms with Gasteiger partial charge in [0, 0.05) is 24.3 Å². The molecule has 2 nitrogen and oxygen atoms in total. The maximum Gasteiger partial charge on any atom is 0.140 e. The lowest BCUT2D eigenvalue weighted by Crippen LogP contribution is -1.96. The third-order valence-corrected chi connectivity index (χ3v) is 2.85. The normalized spacial score (nSPS) is 11.1. The fourth-order valence-corrected chi connectivity index (χ4v) is 1.98. The van der Waals surface area contributed by atoms with Crippen LogP contribution in [0.25, 0.3) is 11.0 Å². The molecule has 0 N–H and O–H groups in total. The van der Waals surface area contributed by atoms with E-state index in [1.165, 1.54) is 23.8 Å². The largest absolute Gasteiger partial charge is 0.332 e. The number of hydrogen-bond acceptors (Lipinski definition) is 1. The zero-order valence-corrected chi connectivity index (χ0v) is 9.53. The van der Waals surface area contributed by atoms with Gasteiger partial charge in [-0.2, -0.15) is 0 Å². The highest BCUT2D eigenvalue weighted by Crippen LogP contribution is 2.20. The van der Waals surface area contributed by atoms with Crippen LogP contribution in [0.1, 0.15) is 32.3 Å². The van der Waals surface area contributed by atoms with Crippen LogP contribution >= 0.6 is 0 Å². The Hall–Kier alpha value is -1.31. The van der Waals surface area contributed by atoms with Crippen molar-refractivity contribution in [2.75, 3.05) is 0 Å². The smallest absolute Gasteiger partial charge is 0.140 e. The fraction of sp³-hybridized carbons (Fsp3) is 0.462. The molecule has 0 saturated heterocycles. The SMILES string of the molecule is CCCCn1cc(CC)c2cccnc21. The predicted octanol–water partition coefficient (Wildman–Crippen LogP) is 3.40. The first kappa shape index (κ1) is 10.2. The van der Waals surface area contributed by atoms with E-state index < -0.39 is 0 Å². The lowest BCUT2D eigenvalue weighted by molar-refractivity contribution is 0.644. The van der Waals surface area contributed by atoms with Gasteiger partial charge in [-0.15, -0.1) is 0 Å². The Kier molecular flexibility index (Phi) is 3.05. The topological polar surface area (TPSA) is 17.8 Å². The second-order valence-electron chi connectivity index (χ2n) is 3.93. The van der Waals surface area contributed by atoms with E-state index in [2.05, 4.69) is 35.7 Å². The lowest BCUT2D eigenvalue weighted by Gasteiger charge is -2.01. The molecule has 2 heteroatoms. The Balaban J connectivity index is 2.45. The summed E-state index contributed by atoms with van der Waals surface area (Å²) in [6.07, 6.45) is 7.68. The molecule has 0 spiro atoms. The van der Waals surface area contributed by atoms with E-state index in [1.54, 1.807) is 0 Å². The molecule has 0 aliphatic carbocycles. The molecule has 2 heterocycles. The maximum absolute atomic E-state index is 4.47. The molecule has 80 valence electrons. The van der Waals surface area contributed by atoms with Gasteiger partial charge in [-0.1, -0.05) is 20.3 Å². The summed E-state index contributed by atoms with van der Waals surface area (Å²) < 4.78 is 2.29. The molecule has 0 fully saturated rings. The van der Waals surface area contributed by atoms with E-state index in [-0.39, 0.29) is 0 Å². The van der Waals surface area contributed by atoms with Crippen LogP contribution in [-0.4, -0.2) is 9.55 Å². The molecule has 0 saturated carbocycles. The maximum atomic E-state index is 4.47. The van der Waals surface area contributed by atoms with Crippen LogP contribution in [0.5, 0.6) is 0 Å². The summed E-state index contributed by atoms with van der Waals surface area (Å²) in [4.78, 5) is 4.47. The summed E-state index contributed by atoms with van der Waals surface area (Å²) in [6.45, 7) is 5.51. The molecule has 0 radical (unpaired) electrons. The van der Waals surface area contributed by atoms with Crippen molar-refractivity contribution in [1.82, 2.24) is 9.55 Å². The molecule has 2 rings (SSSR count). The number of rotatable bonds is 4. The van der Waals surface area contributed by atoms with Crippen LogP contribution in [0.15, 0.2) is 24.5 Å². The summed E-state index contributed by atoms with van der Waals surface area (Å²) >= 11 is 0. The summed E-state index contributed by atoms with van der Waals surface area (Å²) in [5, 5.41) is 1.32. The van der Waals surface area contributed by atoms with Gasteiger partial charge >= 0.3 is 0 Å². The zero-order valence-electron chi connectivity index (χ0n) is 9.53. The first-order valence-corrected chi connectivity index (χ1v) is 5.79. The Morgan fingerprint density at radius 2 is 2.20 bits per heavy atom. The Labute approximate surface area is 90.9 Å². The number of unbranched alkanes of at least 4 members (excludes halogenated alkanes) is 1. The molecule has 0 atom stereocenters. The van der Waals surface area contributed by atoms with Crippen LogP contribution in [0.2, 0.25) is 0 Å². The fourth-order valence-electron chi connectivity index (χ4n) is 1.98. The highest BCUT2D eigenvalue weighted by Gasteiger charge is 2.06. The minimum atomic E-state index is 1.08. The third kappa shape index (κ3) is 1.89. The quantitative estimate of drug-likeness (QED) is 0.743. The van der Waals surface area contributed by atoms with Crippen molar-refractivity contribution in [1.29, 1.82) is 0 Å². The van der Waals surface area contributed by atoms with Crippen molar-refractivity contribution in [3.8, 4) is 0 Å². The van der Waals surface area contributed by atoms with Gasteiger partial charge in [-0.25, -0.2) is 4.98 Å². The number of aryl methyl sites for hydroxylation is 2. The summed E-state index contributed by atoms with van der Waals surface area (Å²) in [7, 11) is 0.